The molecule has 0 amide bonds. The maximum Gasteiger partial charge on any atom is 0.308 e. The second-order valence-electron chi connectivity index (χ2n) is 5.37. The van der Waals surface area contributed by atoms with Gasteiger partial charge in [-0.05, 0) is 42.6 Å². The van der Waals surface area contributed by atoms with E-state index in [2.05, 4.69) is 30.3 Å². The summed E-state index contributed by atoms with van der Waals surface area (Å²) in [6, 6.07) is 10.7. The molecule has 2 bridgehead atoms. The molecule has 1 aromatic rings. The van der Waals surface area contributed by atoms with E-state index in [4.69, 9.17) is 4.74 Å². The molecule has 4 atom stereocenters. The Morgan fingerprint density at radius 3 is 2.47 bits per heavy atom. The molecule has 0 spiro atoms. The first-order chi connectivity index (χ1) is 8.29. The fourth-order valence-corrected chi connectivity index (χ4v) is 3.82. The minimum atomic E-state index is 0.00371. The first-order valence-corrected chi connectivity index (χ1v) is 6.42. The molecule has 0 heterocycles. The van der Waals surface area contributed by atoms with Crippen LogP contribution in [0.4, 0.5) is 0 Å². The monoisotopic (exact) mass is 230 g/mol. The van der Waals surface area contributed by atoms with Gasteiger partial charge in [-0.1, -0.05) is 30.3 Å². The summed E-state index contributed by atoms with van der Waals surface area (Å²) >= 11 is 0. The fourth-order valence-electron chi connectivity index (χ4n) is 3.82. The second kappa shape index (κ2) is 4.17. The number of fused-ring (bicyclic) bond motifs is 2. The number of benzene rings is 1. The molecule has 0 radical (unpaired) electrons. The molecule has 2 heteroatoms. The normalized spacial score (nSPS) is 34.9. The van der Waals surface area contributed by atoms with Gasteiger partial charge < -0.3 is 4.74 Å². The molecule has 2 aliphatic carbocycles. The molecule has 0 aromatic heterocycles. The Balaban J connectivity index is 1.74. The van der Waals surface area contributed by atoms with Gasteiger partial charge >= 0.3 is 5.97 Å². The van der Waals surface area contributed by atoms with Crippen LogP contribution in [0.15, 0.2) is 30.3 Å². The highest BCUT2D eigenvalue weighted by Gasteiger charge is 2.49. The van der Waals surface area contributed by atoms with Crippen molar-refractivity contribution in [3.05, 3.63) is 35.9 Å². The summed E-state index contributed by atoms with van der Waals surface area (Å²) in [4.78, 5) is 11.6. The molecule has 2 aliphatic rings. The van der Waals surface area contributed by atoms with Crippen LogP contribution in [0.5, 0.6) is 0 Å². The summed E-state index contributed by atoms with van der Waals surface area (Å²) in [6.45, 7) is 0. The van der Waals surface area contributed by atoms with Gasteiger partial charge in [0.05, 0.1) is 13.0 Å². The standard InChI is InChI=1S/C15H18O2/c1-17-15(16)14-9-11-7-12(14)8-13(11)10-5-3-2-4-6-10/h2-6,11-14H,7-9H2,1H3/t11-,12-,13-,14+/m0/s1. The van der Waals surface area contributed by atoms with Crippen LogP contribution in [0.3, 0.4) is 0 Å². The van der Waals surface area contributed by atoms with Crippen molar-refractivity contribution in [2.75, 3.05) is 7.11 Å². The first-order valence-electron chi connectivity index (χ1n) is 6.42. The van der Waals surface area contributed by atoms with E-state index in [1.54, 1.807) is 0 Å². The molecule has 2 fully saturated rings. The van der Waals surface area contributed by atoms with E-state index in [1.165, 1.54) is 19.1 Å². The van der Waals surface area contributed by atoms with Crippen molar-refractivity contribution in [2.24, 2.45) is 17.8 Å². The highest BCUT2D eigenvalue weighted by molar-refractivity contribution is 5.73. The third kappa shape index (κ3) is 1.76. The van der Waals surface area contributed by atoms with Crippen molar-refractivity contribution in [1.82, 2.24) is 0 Å². The Hall–Kier alpha value is -1.31. The first kappa shape index (κ1) is 10.8. The average molecular weight is 230 g/mol. The lowest BCUT2D eigenvalue weighted by atomic mass is 9.79. The Labute approximate surface area is 102 Å². The smallest absolute Gasteiger partial charge is 0.308 e. The number of carbonyl (C=O) groups is 1. The Kier molecular flexibility index (Phi) is 2.65. The van der Waals surface area contributed by atoms with Gasteiger partial charge in [0.15, 0.2) is 0 Å². The topological polar surface area (TPSA) is 26.3 Å². The van der Waals surface area contributed by atoms with Crippen molar-refractivity contribution in [3.8, 4) is 0 Å². The Bertz CT molecular complexity index is 412. The highest BCUT2D eigenvalue weighted by Crippen LogP contribution is 2.55. The zero-order chi connectivity index (χ0) is 11.8. The van der Waals surface area contributed by atoms with Crippen LogP contribution in [-0.2, 0) is 9.53 Å². The number of ether oxygens (including phenoxy) is 1. The number of carbonyl (C=O) groups excluding carboxylic acids is 1. The summed E-state index contributed by atoms with van der Waals surface area (Å²) in [7, 11) is 1.50. The van der Waals surface area contributed by atoms with Crippen molar-refractivity contribution < 1.29 is 9.53 Å². The van der Waals surface area contributed by atoms with Gasteiger partial charge in [-0.3, -0.25) is 4.79 Å². The molecule has 2 nitrogen and oxygen atoms in total. The molecular weight excluding hydrogens is 212 g/mol. The summed E-state index contributed by atoms with van der Waals surface area (Å²) in [5, 5.41) is 0. The predicted octanol–water partition coefficient (Wildman–Crippen LogP) is 2.99. The number of esters is 1. The largest absolute Gasteiger partial charge is 0.469 e. The molecule has 90 valence electrons. The number of hydrogen-bond donors (Lipinski definition) is 0. The van der Waals surface area contributed by atoms with E-state index in [1.807, 2.05) is 0 Å². The summed E-state index contributed by atoms with van der Waals surface area (Å²) in [5.41, 5.74) is 1.45. The van der Waals surface area contributed by atoms with E-state index < -0.39 is 0 Å². The van der Waals surface area contributed by atoms with Crippen molar-refractivity contribution in [2.45, 2.75) is 25.2 Å². The third-order valence-electron chi connectivity index (χ3n) is 4.59. The summed E-state index contributed by atoms with van der Waals surface area (Å²) < 4.78 is 4.89. The van der Waals surface area contributed by atoms with Crippen LogP contribution in [0.25, 0.3) is 0 Å². The third-order valence-corrected chi connectivity index (χ3v) is 4.59. The van der Waals surface area contributed by atoms with Crippen LogP contribution in [0, 0.1) is 17.8 Å². The maximum atomic E-state index is 11.6. The predicted molar refractivity (Wildman–Crippen MR) is 65.5 cm³/mol. The van der Waals surface area contributed by atoms with Crippen LogP contribution in [-0.4, -0.2) is 13.1 Å². The highest BCUT2D eigenvalue weighted by atomic mass is 16.5. The molecule has 0 saturated heterocycles. The molecule has 1 aromatic carbocycles. The van der Waals surface area contributed by atoms with Gasteiger partial charge in [0.25, 0.3) is 0 Å². The van der Waals surface area contributed by atoms with Gasteiger partial charge in [-0.2, -0.15) is 0 Å². The zero-order valence-corrected chi connectivity index (χ0v) is 10.1. The zero-order valence-electron chi connectivity index (χ0n) is 10.1. The quantitative estimate of drug-likeness (QED) is 0.730. The number of rotatable bonds is 2. The van der Waals surface area contributed by atoms with E-state index in [9.17, 15) is 4.79 Å². The second-order valence-corrected chi connectivity index (χ2v) is 5.37. The van der Waals surface area contributed by atoms with E-state index in [0.717, 1.165) is 12.8 Å². The van der Waals surface area contributed by atoms with Gasteiger partial charge in [-0.25, -0.2) is 0 Å². The van der Waals surface area contributed by atoms with Crippen molar-refractivity contribution in [1.29, 1.82) is 0 Å². The summed E-state index contributed by atoms with van der Waals surface area (Å²) in [6.07, 6.45) is 3.39. The van der Waals surface area contributed by atoms with Crippen LogP contribution in [0.2, 0.25) is 0 Å². The van der Waals surface area contributed by atoms with Crippen molar-refractivity contribution in [3.63, 3.8) is 0 Å². The minimum Gasteiger partial charge on any atom is -0.469 e. The SMILES string of the molecule is COC(=O)[C@@H]1C[C@@H]2C[C@H]1C[C@H]2c1ccccc1. The number of hydrogen-bond acceptors (Lipinski definition) is 2. The molecule has 2 saturated carbocycles. The van der Waals surface area contributed by atoms with E-state index in [-0.39, 0.29) is 11.9 Å². The van der Waals surface area contributed by atoms with Gasteiger partial charge in [-0.15, -0.1) is 0 Å². The molecule has 0 N–H and O–H groups in total. The van der Waals surface area contributed by atoms with Crippen LogP contribution < -0.4 is 0 Å². The van der Waals surface area contributed by atoms with Gasteiger partial charge in [0.1, 0.15) is 0 Å². The minimum absolute atomic E-state index is 0.00371. The lowest BCUT2D eigenvalue weighted by Crippen LogP contribution is -2.24. The fraction of sp³-hybridized carbons (Fsp3) is 0.533. The molecular formula is C15H18O2. The molecule has 17 heavy (non-hydrogen) atoms. The van der Waals surface area contributed by atoms with E-state index >= 15 is 0 Å². The average Bonchev–Trinajstić information content (AvgIpc) is 2.98. The van der Waals surface area contributed by atoms with Crippen LogP contribution in [0.1, 0.15) is 30.7 Å². The van der Waals surface area contributed by atoms with Crippen LogP contribution >= 0.6 is 0 Å². The molecule has 0 unspecified atom stereocenters. The Morgan fingerprint density at radius 2 is 1.88 bits per heavy atom. The lowest BCUT2D eigenvalue weighted by Gasteiger charge is -2.26. The van der Waals surface area contributed by atoms with Crippen molar-refractivity contribution >= 4 is 5.97 Å². The number of methoxy groups -OCH3 is 1. The van der Waals surface area contributed by atoms with E-state index in [0.29, 0.717) is 17.8 Å². The molecule has 3 rings (SSSR count). The Morgan fingerprint density at radius 1 is 1.12 bits per heavy atom. The maximum absolute atomic E-state index is 11.6. The lowest BCUT2D eigenvalue weighted by molar-refractivity contribution is -0.147. The summed E-state index contributed by atoms with van der Waals surface area (Å²) in [5.74, 6) is 2.08. The molecule has 0 aliphatic heterocycles. The van der Waals surface area contributed by atoms with Gasteiger partial charge in [0.2, 0.25) is 0 Å². The van der Waals surface area contributed by atoms with Gasteiger partial charge in [0, 0.05) is 0 Å².